The molecule has 0 atom stereocenters. The van der Waals surface area contributed by atoms with E-state index in [0.29, 0.717) is 11.3 Å². The van der Waals surface area contributed by atoms with Gasteiger partial charge in [0.05, 0.1) is 5.57 Å². The van der Waals surface area contributed by atoms with Gasteiger partial charge in [-0.3, -0.25) is 0 Å². The fourth-order valence-corrected chi connectivity index (χ4v) is 2.46. The average molecular weight is 258 g/mol. The van der Waals surface area contributed by atoms with Crippen molar-refractivity contribution in [2.24, 2.45) is 0 Å². The smallest absolute Gasteiger partial charge is 0.344 e. The quantitative estimate of drug-likeness (QED) is 0.563. The average Bonchev–Trinajstić information content (AvgIpc) is 2.77. The van der Waals surface area contributed by atoms with Gasteiger partial charge in [0.25, 0.3) is 0 Å². The van der Waals surface area contributed by atoms with Crippen molar-refractivity contribution in [3.8, 4) is 0 Å². The number of hydrogen-bond donors (Lipinski definition) is 0. The van der Waals surface area contributed by atoms with E-state index in [1.165, 1.54) is 0 Å². The molecular weight excluding hydrogens is 240 g/mol. The first-order chi connectivity index (χ1) is 8.82. The van der Waals surface area contributed by atoms with Crippen molar-refractivity contribution >= 4 is 11.5 Å². The summed E-state index contributed by atoms with van der Waals surface area (Å²) in [6.07, 6.45) is 0. The lowest BCUT2D eigenvalue weighted by Crippen LogP contribution is -1.99. The van der Waals surface area contributed by atoms with E-state index in [1.54, 1.807) is 0 Å². The molecule has 2 rings (SSSR count). The first kappa shape index (κ1) is 13.4. The lowest BCUT2D eigenvalue weighted by atomic mass is 9.94. The molecule has 1 aromatic heterocycles. The summed E-state index contributed by atoms with van der Waals surface area (Å²) >= 11 is 0. The van der Waals surface area contributed by atoms with E-state index < -0.39 is 0 Å². The van der Waals surface area contributed by atoms with Gasteiger partial charge in [-0.05, 0) is 46.3 Å². The SMILES string of the molecule is C=C1OC(=O)/C(=C(\C)c2cc(C)oc2C)C1=C(C)C. The minimum atomic E-state index is -0.336. The van der Waals surface area contributed by atoms with E-state index in [1.807, 2.05) is 40.7 Å². The van der Waals surface area contributed by atoms with Crippen LogP contribution in [0.15, 0.2) is 39.5 Å². The summed E-state index contributed by atoms with van der Waals surface area (Å²) in [5, 5.41) is 0. The zero-order chi connectivity index (χ0) is 14.3. The maximum absolute atomic E-state index is 12.0. The van der Waals surface area contributed by atoms with Gasteiger partial charge in [0.1, 0.15) is 17.3 Å². The number of ether oxygens (including phenoxy) is 1. The fourth-order valence-electron chi connectivity index (χ4n) is 2.46. The number of rotatable bonds is 1. The predicted octanol–water partition coefficient (Wildman–Crippen LogP) is 4.08. The zero-order valence-electron chi connectivity index (χ0n) is 12.0. The number of hydrogen-bond acceptors (Lipinski definition) is 3. The Morgan fingerprint density at radius 2 is 1.79 bits per heavy atom. The molecule has 100 valence electrons. The Labute approximate surface area is 113 Å². The Morgan fingerprint density at radius 1 is 1.16 bits per heavy atom. The van der Waals surface area contributed by atoms with Crippen LogP contribution in [-0.4, -0.2) is 5.97 Å². The van der Waals surface area contributed by atoms with E-state index in [-0.39, 0.29) is 5.97 Å². The summed E-state index contributed by atoms with van der Waals surface area (Å²) in [6.45, 7) is 13.4. The van der Waals surface area contributed by atoms with Crippen LogP contribution in [0.5, 0.6) is 0 Å². The molecule has 0 aromatic carbocycles. The van der Waals surface area contributed by atoms with Gasteiger partial charge < -0.3 is 9.15 Å². The Morgan fingerprint density at radius 3 is 2.26 bits per heavy atom. The third-order valence-electron chi connectivity index (χ3n) is 3.27. The van der Waals surface area contributed by atoms with Crippen molar-refractivity contribution < 1.29 is 13.9 Å². The Balaban J connectivity index is 2.69. The highest BCUT2D eigenvalue weighted by Gasteiger charge is 2.32. The molecule has 0 N–H and O–H groups in total. The maximum Gasteiger partial charge on any atom is 0.344 e. The molecule has 0 aliphatic carbocycles. The molecule has 0 spiro atoms. The molecule has 0 saturated carbocycles. The predicted molar refractivity (Wildman–Crippen MR) is 74.4 cm³/mol. The van der Waals surface area contributed by atoms with Crippen LogP contribution in [0.4, 0.5) is 0 Å². The summed E-state index contributed by atoms with van der Waals surface area (Å²) < 4.78 is 10.7. The molecule has 0 bridgehead atoms. The van der Waals surface area contributed by atoms with Crippen molar-refractivity contribution in [1.82, 2.24) is 0 Å². The topological polar surface area (TPSA) is 39.4 Å². The molecular formula is C16H18O3. The number of furan rings is 1. The molecule has 1 aromatic rings. The molecule has 2 heterocycles. The van der Waals surface area contributed by atoms with Gasteiger partial charge in [0, 0.05) is 11.1 Å². The third kappa shape index (κ3) is 2.16. The van der Waals surface area contributed by atoms with Crippen LogP contribution in [0, 0.1) is 13.8 Å². The van der Waals surface area contributed by atoms with Gasteiger partial charge in [-0.1, -0.05) is 12.2 Å². The second-order valence-electron chi connectivity index (χ2n) is 5.01. The molecule has 19 heavy (non-hydrogen) atoms. The molecule has 3 heteroatoms. The van der Waals surface area contributed by atoms with Gasteiger partial charge in [0.15, 0.2) is 0 Å². The van der Waals surface area contributed by atoms with Crippen LogP contribution in [0.1, 0.15) is 37.9 Å². The van der Waals surface area contributed by atoms with Crippen molar-refractivity contribution in [3.05, 3.63) is 52.2 Å². The lowest BCUT2D eigenvalue weighted by Gasteiger charge is -2.05. The largest absolute Gasteiger partial charge is 0.466 e. The molecule has 1 aliphatic rings. The van der Waals surface area contributed by atoms with Crippen molar-refractivity contribution in [2.75, 3.05) is 0 Å². The standard InChI is InChI=1S/C16H18O3/c1-8(2)14-12(6)19-16(17)15(14)10(4)13-7-9(3)18-11(13)5/h7H,6H2,1-5H3/b15-10+. The first-order valence-corrected chi connectivity index (χ1v) is 6.20. The van der Waals surface area contributed by atoms with Crippen molar-refractivity contribution in [2.45, 2.75) is 34.6 Å². The molecule has 3 nitrogen and oxygen atoms in total. The summed E-state index contributed by atoms with van der Waals surface area (Å²) in [7, 11) is 0. The summed E-state index contributed by atoms with van der Waals surface area (Å²) in [4.78, 5) is 12.0. The number of cyclic esters (lactones) is 1. The van der Waals surface area contributed by atoms with Crippen LogP contribution in [-0.2, 0) is 9.53 Å². The molecule has 0 unspecified atom stereocenters. The van der Waals surface area contributed by atoms with Gasteiger partial charge in [0.2, 0.25) is 0 Å². The number of allylic oxidation sites excluding steroid dienone is 3. The van der Waals surface area contributed by atoms with Gasteiger partial charge >= 0.3 is 5.97 Å². The molecule has 1 fully saturated rings. The van der Waals surface area contributed by atoms with Crippen LogP contribution in [0.2, 0.25) is 0 Å². The van der Waals surface area contributed by atoms with Gasteiger partial charge in [-0.2, -0.15) is 0 Å². The fraction of sp³-hybridized carbons (Fsp3) is 0.312. The van der Waals surface area contributed by atoms with Crippen LogP contribution in [0.3, 0.4) is 0 Å². The summed E-state index contributed by atoms with van der Waals surface area (Å²) in [6, 6.07) is 1.94. The Hall–Kier alpha value is -2.03. The van der Waals surface area contributed by atoms with E-state index in [0.717, 1.165) is 33.8 Å². The Bertz CT molecular complexity index is 635. The molecule has 1 aliphatic heterocycles. The van der Waals surface area contributed by atoms with E-state index >= 15 is 0 Å². The number of carbonyl (C=O) groups excluding carboxylic acids is 1. The van der Waals surface area contributed by atoms with E-state index in [2.05, 4.69) is 6.58 Å². The highest BCUT2D eigenvalue weighted by Crippen LogP contribution is 2.38. The number of carbonyl (C=O) groups is 1. The minimum Gasteiger partial charge on any atom is -0.466 e. The highest BCUT2D eigenvalue weighted by molar-refractivity contribution is 6.07. The number of aryl methyl sites for hydroxylation is 2. The molecule has 0 radical (unpaired) electrons. The highest BCUT2D eigenvalue weighted by atomic mass is 16.5. The first-order valence-electron chi connectivity index (χ1n) is 6.20. The number of esters is 1. The van der Waals surface area contributed by atoms with Crippen molar-refractivity contribution in [1.29, 1.82) is 0 Å². The monoisotopic (exact) mass is 258 g/mol. The zero-order valence-corrected chi connectivity index (χ0v) is 12.0. The van der Waals surface area contributed by atoms with E-state index in [4.69, 9.17) is 9.15 Å². The third-order valence-corrected chi connectivity index (χ3v) is 3.27. The normalized spacial score (nSPS) is 17.8. The summed E-state index contributed by atoms with van der Waals surface area (Å²) in [5.41, 5.74) is 4.23. The molecule has 1 saturated heterocycles. The second kappa shape index (κ2) is 4.57. The second-order valence-corrected chi connectivity index (χ2v) is 5.01. The molecule has 0 amide bonds. The Kier molecular flexibility index (Phi) is 3.23. The van der Waals surface area contributed by atoms with Crippen LogP contribution in [0.25, 0.3) is 5.57 Å². The van der Waals surface area contributed by atoms with Crippen molar-refractivity contribution in [3.63, 3.8) is 0 Å². The van der Waals surface area contributed by atoms with E-state index in [9.17, 15) is 4.79 Å². The summed E-state index contributed by atoms with van der Waals surface area (Å²) in [5.74, 6) is 1.73. The maximum atomic E-state index is 12.0. The minimum absolute atomic E-state index is 0.336. The van der Waals surface area contributed by atoms with Crippen LogP contribution >= 0.6 is 0 Å². The van der Waals surface area contributed by atoms with Gasteiger partial charge in [-0.15, -0.1) is 0 Å². The van der Waals surface area contributed by atoms with Gasteiger partial charge in [-0.25, -0.2) is 4.79 Å². The lowest BCUT2D eigenvalue weighted by molar-refractivity contribution is -0.132. The van der Waals surface area contributed by atoms with Crippen LogP contribution < -0.4 is 0 Å².